The van der Waals surface area contributed by atoms with E-state index < -0.39 is 0 Å². The number of rotatable bonds is 5. The molecule has 132 valence electrons. The molecule has 1 amide bonds. The van der Waals surface area contributed by atoms with E-state index >= 15 is 0 Å². The molecule has 5 nitrogen and oxygen atoms in total. The van der Waals surface area contributed by atoms with Gasteiger partial charge >= 0.3 is 0 Å². The van der Waals surface area contributed by atoms with Crippen LogP contribution in [-0.4, -0.2) is 50.6 Å². The fourth-order valence-corrected chi connectivity index (χ4v) is 3.09. The van der Waals surface area contributed by atoms with Crippen LogP contribution in [-0.2, 0) is 4.79 Å². The molecule has 1 aliphatic heterocycles. The Morgan fingerprint density at radius 3 is 2.60 bits per heavy atom. The maximum Gasteiger partial charge on any atom is 0.241 e. The second-order valence-electron chi connectivity index (χ2n) is 5.93. The first-order valence-corrected chi connectivity index (χ1v) is 8.70. The number of hydrogen-bond donors (Lipinski definition) is 1. The maximum atomic E-state index is 12.4. The zero-order chi connectivity index (χ0) is 17.6. The van der Waals surface area contributed by atoms with Gasteiger partial charge in [-0.1, -0.05) is 23.7 Å². The molecule has 1 aliphatic rings. The van der Waals surface area contributed by atoms with E-state index in [4.69, 9.17) is 16.3 Å². The van der Waals surface area contributed by atoms with Crippen LogP contribution in [0.2, 0.25) is 5.02 Å². The summed E-state index contributed by atoms with van der Waals surface area (Å²) in [6.07, 6.45) is 0. The predicted molar refractivity (Wildman–Crippen MR) is 102 cm³/mol. The Morgan fingerprint density at radius 1 is 1.12 bits per heavy atom. The summed E-state index contributed by atoms with van der Waals surface area (Å²) in [7, 11) is 1.63. The molecular weight excluding hydrogens is 338 g/mol. The van der Waals surface area contributed by atoms with E-state index in [1.165, 1.54) is 0 Å². The molecule has 2 aromatic rings. The summed E-state index contributed by atoms with van der Waals surface area (Å²) < 4.78 is 5.19. The fourth-order valence-electron chi connectivity index (χ4n) is 2.91. The smallest absolute Gasteiger partial charge is 0.241 e. The van der Waals surface area contributed by atoms with Gasteiger partial charge in [0.2, 0.25) is 5.91 Å². The van der Waals surface area contributed by atoms with Crippen molar-refractivity contribution in [3.63, 3.8) is 0 Å². The van der Waals surface area contributed by atoms with E-state index in [1.807, 2.05) is 53.4 Å². The Kier molecular flexibility index (Phi) is 5.66. The molecule has 0 radical (unpaired) electrons. The number of piperazine rings is 1. The van der Waals surface area contributed by atoms with Crippen LogP contribution in [0.5, 0.6) is 5.75 Å². The van der Waals surface area contributed by atoms with Crippen LogP contribution >= 0.6 is 11.6 Å². The first kappa shape index (κ1) is 17.4. The molecule has 0 bridgehead atoms. The van der Waals surface area contributed by atoms with Gasteiger partial charge in [0.15, 0.2) is 0 Å². The number of methoxy groups -OCH3 is 1. The third-order valence-corrected chi connectivity index (χ3v) is 4.55. The summed E-state index contributed by atoms with van der Waals surface area (Å²) >= 11 is 6.06. The van der Waals surface area contributed by atoms with Crippen molar-refractivity contribution >= 4 is 28.9 Å². The number of amides is 1. The van der Waals surface area contributed by atoms with Crippen LogP contribution in [0.15, 0.2) is 48.5 Å². The summed E-state index contributed by atoms with van der Waals surface area (Å²) in [5, 5.41) is 3.90. The monoisotopic (exact) mass is 359 g/mol. The molecule has 0 aromatic heterocycles. The quantitative estimate of drug-likeness (QED) is 0.891. The van der Waals surface area contributed by atoms with Crippen molar-refractivity contribution in [1.82, 2.24) is 4.90 Å². The molecule has 1 N–H and O–H groups in total. The minimum absolute atomic E-state index is 0.105. The van der Waals surface area contributed by atoms with Crippen molar-refractivity contribution in [1.29, 1.82) is 0 Å². The zero-order valence-electron chi connectivity index (χ0n) is 14.2. The van der Waals surface area contributed by atoms with Crippen molar-refractivity contribution in [2.24, 2.45) is 0 Å². The average Bonchev–Trinajstić information content (AvgIpc) is 2.66. The number of ether oxygens (including phenoxy) is 1. The lowest BCUT2D eigenvalue weighted by Crippen LogP contribution is -2.50. The number of nitrogens with one attached hydrogen (secondary N) is 1. The van der Waals surface area contributed by atoms with Crippen LogP contribution in [0.4, 0.5) is 11.4 Å². The molecule has 0 spiro atoms. The number of halogens is 1. The van der Waals surface area contributed by atoms with Crippen molar-refractivity contribution in [2.45, 2.75) is 0 Å². The molecule has 0 aliphatic carbocycles. The number of anilines is 2. The van der Waals surface area contributed by atoms with Gasteiger partial charge in [0, 0.05) is 48.6 Å². The van der Waals surface area contributed by atoms with Gasteiger partial charge < -0.3 is 19.9 Å². The highest BCUT2D eigenvalue weighted by Crippen LogP contribution is 2.21. The van der Waals surface area contributed by atoms with Crippen LogP contribution in [0.1, 0.15) is 0 Å². The van der Waals surface area contributed by atoms with Gasteiger partial charge in [-0.3, -0.25) is 4.79 Å². The van der Waals surface area contributed by atoms with E-state index in [1.54, 1.807) is 7.11 Å². The van der Waals surface area contributed by atoms with Crippen LogP contribution < -0.4 is 15.0 Å². The van der Waals surface area contributed by atoms with Gasteiger partial charge in [0.05, 0.1) is 13.7 Å². The Bertz CT molecular complexity index is 730. The van der Waals surface area contributed by atoms with Crippen LogP contribution in [0, 0.1) is 0 Å². The van der Waals surface area contributed by atoms with Crippen molar-refractivity contribution in [3.8, 4) is 5.75 Å². The highest BCUT2D eigenvalue weighted by molar-refractivity contribution is 6.30. The highest BCUT2D eigenvalue weighted by Gasteiger charge is 2.21. The molecule has 3 rings (SSSR count). The van der Waals surface area contributed by atoms with Crippen LogP contribution in [0.3, 0.4) is 0 Å². The molecule has 0 atom stereocenters. The fraction of sp³-hybridized carbons (Fsp3) is 0.316. The average molecular weight is 360 g/mol. The molecule has 1 fully saturated rings. The Morgan fingerprint density at radius 2 is 1.88 bits per heavy atom. The second-order valence-corrected chi connectivity index (χ2v) is 6.37. The second kappa shape index (κ2) is 8.12. The lowest BCUT2D eigenvalue weighted by atomic mass is 10.2. The number of carbonyl (C=O) groups excluding carboxylic acids is 1. The van der Waals surface area contributed by atoms with E-state index in [2.05, 4.69) is 10.2 Å². The standard InChI is InChI=1S/C19H22ClN3O2/c1-25-18-7-3-5-16(13-18)21-14-19(24)23-10-8-22(9-11-23)17-6-2-4-15(20)12-17/h2-7,12-13,21H,8-11,14H2,1H3. The highest BCUT2D eigenvalue weighted by atomic mass is 35.5. The zero-order valence-corrected chi connectivity index (χ0v) is 15.0. The summed E-state index contributed by atoms with van der Waals surface area (Å²) in [6, 6.07) is 15.4. The number of nitrogens with zero attached hydrogens (tertiary/aromatic N) is 2. The third kappa shape index (κ3) is 4.57. The Hall–Kier alpha value is -2.40. The van der Waals surface area contributed by atoms with Gasteiger partial charge in [-0.15, -0.1) is 0 Å². The van der Waals surface area contributed by atoms with E-state index in [9.17, 15) is 4.79 Å². The number of carbonyl (C=O) groups is 1. The lowest BCUT2D eigenvalue weighted by molar-refractivity contribution is -0.129. The van der Waals surface area contributed by atoms with Crippen molar-refractivity contribution < 1.29 is 9.53 Å². The minimum Gasteiger partial charge on any atom is -0.497 e. The molecule has 1 saturated heterocycles. The lowest BCUT2D eigenvalue weighted by Gasteiger charge is -2.36. The Balaban J connectivity index is 1.49. The topological polar surface area (TPSA) is 44.8 Å². The van der Waals surface area contributed by atoms with E-state index in [-0.39, 0.29) is 12.5 Å². The largest absolute Gasteiger partial charge is 0.497 e. The molecule has 25 heavy (non-hydrogen) atoms. The van der Waals surface area contributed by atoms with Crippen LogP contribution in [0.25, 0.3) is 0 Å². The third-order valence-electron chi connectivity index (χ3n) is 4.32. The normalized spacial score (nSPS) is 14.3. The van der Waals surface area contributed by atoms with Gasteiger partial charge in [0.1, 0.15) is 5.75 Å². The van der Waals surface area contributed by atoms with Gasteiger partial charge in [-0.2, -0.15) is 0 Å². The molecule has 1 heterocycles. The predicted octanol–water partition coefficient (Wildman–Crippen LogP) is 3.11. The molecule has 6 heteroatoms. The van der Waals surface area contributed by atoms with Crippen molar-refractivity contribution in [3.05, 3.63) is 53.6 Å². The first-order chi connectivity index (χ1) is 12.2. The molecule has 2 aromatic carbocycles. The van der Waals surface area contributed by atoms with Gasteiger partial charge in [-0.05, 0) is 30.3 Å². The molecule has 0 saturated carbocycles. The van der Waals surface area contributed by atoms with Gasteiger partial charge in [-0.25, -0.2) is 0 Å². The van der Waals surface area contributed by atoms with E-state index in [0.717, 1.165) is 35.2 Å². The SMILES string of the molecule is COc1cccc(NCC(=O)N2CCN(c3cccc(Cl)c3)CC2)c1. The summed E-state index contributed by atoms with van der Waals surface area (Å²) in [4.78, 5) is 16.6. The number of hydrogen-bond acceptors (Lipinski definition) is 4. The summed E-state index contributed by atoms with van der Waals surface area (Å²) in [5.41, 5.74) is 1.99. The summed E-state index contributed by atoms with van der Waals surface area (Å²) in [5.74, 6) is 0.876. The molecular formula is C19H22ClN3O2. The first-order valence-electron chi connectivity index (χ1n) is 8.32. The van der Waals surface area contributed by atoms with Gasteiger partial charge in [0.25, 0.3) is 0 Å². The molecule has 0 unspecified atom stereocenters. The minimum atomic E-state index is 0.105. The summed E-state index contributed by atoms with van der Waals surface area (Å²) in [6.45, 7) is 3.33. The number of benzene rings is 2. The van der Waals surface area contributed by atoms with E-state index in [0.29, 0.717) is 13.1 Å². The Labute approximate surface area is 153 Å². The maximum absolute atomic E-state index is 12.4. The van der Waals surface area contributed by atoms with Crippen molar-refractivity contribution in [2.75, 3.05) is 50.1 Å².